The van der Waals surface area contributed by atoms with Crippen LogP contribution in [-0.4, -0.2) is 9.97 Å². The van der Waals surface area contributed by atoms with Gasteiger partial charge in [0, 0.05) is 29.9 Å². The van der Waals surface area contributed by atoms with E-state index < -0.39 is 0 Å². The van der Waals surface area contributed by atoms with Crippen molar-refractivity contribution in [2.24, 2.45) is 0 Å². The molecule has 144 valence electrons. The standard InChI is InChI=1S/C23H18F2N3S/c24-17-8-15(10-26-12-17)19-4-3-5-20(16-9-18(25)13-27-11-16)23(19)28-14-29-22-7-2-1-6-21(22)28/h3-5,8-14H,1-2,6-7H2/q+1. The Labute approximate surface area is 171 Å². The van der Waals surface area contributed by atoms with E-state index in [2.05, 4.69) is 20.0 Å². The molecule has 3 heterocycles. The van der Waals surface area contributed by atoms with Gasteiger partial charge in [-0.2, -0.15) is 4.57 Å². The smallest absolute Gasteiger partial charge is 0.231 e. The molecule has 0 bridgehead atoms. The predicted octanol–water partition coefficient (Wildman–Crippen LogP) is 5.31. The summed E-state index contributed by atoms with van der Waals surface area (Å²) in [5, 5.41) is 0. The van der Waals surface area contributed by atoms with Gasteiger partial charge < -0.3 is 0 Å². The van der Waals surface area contributed by atoms with E-state index in [9.17, 15) is 8.78 Å². The fourth-order valence-corrected chi connectivity index (χ4v) is 5.06. The molecule has 3 aromatic heterocycles. The number of para-hydroxylation sites is 1. The van der Waals surface area contributed by atoms with Crippen molar-refractivity contribution in [2.45, 2.75) is 25.7 Å². The van der Waals surface area contributed by atoms with E-state index in [1.165, 1.54) is 41.5 Å². The highest BCUT2D eigenvalue weighted by atomic mass is 32.1. The molecule has 0 amide bonds. The van der Waals surface area contributed by atoms with E-state index in [1.54, 1.807) is 23.7 Å². The summed E-state index contributed by atoms with van der Waals surface area (Å²) in [6, 6.07) is 8.80. The van der Waals surface area contributed by atoms with Gasteiger partial charge in [0.25, 0.3) is 0 Å². The van der Waals surface area contributed by atoms with Crippen molar-refractivity contribution >= 4 is 11.3 Å². The summed E-state index contributed by atoms with van der Waals surface area (Å²) in [7, 11) is 0. The molecule has 0 fully saturated rings. The first kappa shape index (κ1) is 18.1. The summed E-state index contributed by atoms with van der Waals surface area (Å²) in [6.07, 6.45) is 10.1. The first-order valence-corrected chi connectivity index (χ1v) is 10.4. The summed E-state index contributed by atoms with van der Waals surface area (Å²) < 4.78 is 30.1. The second-order valence-corrected chi connectivity index (χ2v) is 8.09. The van der Waals surface area contributed by atoms with Crippen molar-refractivity contribution in [2.75, 3.05) is 0 Å². The van der Waals surface area contributed by atoms with E-state index in [0.717, 1.165) is 36.1 Å². The Morgan fingerprint density at radius 1 is 0.828 bits per heavy atom. The van der Waals surface area contributed by atoms with Crippen LogP contribution in [0.5, 0.6) is 0 Å². The van der Waals surface area contributed by atoms with Crippen molar-refractivity contribution in [3.8, 4) is 27.9 Å². The Hall–Kier alpha value is -2.99. The SMILES string of the molecule is Fc1cncc(-c2cccc(-c3cncc(F)c3)c2-[n+]2csc3c2CCCC3)c1. The van der Waals surface area contributed by atoms with Crippen molar-refractivity contribution in [1.82, 2.24) is 9.97 Å². The summed E-state index contributed by atoms with van der Waals surface area (Å²) >= 11 is 1.74. The number of hydrogen-bond donors (Lipinski definition) is 0. The molecule has 4 aromatic rings. The Balaban J connectivity index is 1.81. The van der Waals surface area contributed by atoms with Crippen LogP contribution < -0.4 is 4.57 Å². The summed E-state index contributed by atoms with van der Waals surface area (Å²) in [6.45, 7) is 0. The molecule has 0 unspecified atom stereocenters. The Morgan fingerprint density at radius 2 is 1.45 bits per heavy atom. The van der Waals surface area contributed by atoms with Crippen LogP contribution >= 0.6 is 11.3 Å². The van der Waals surface area contributed by atoms with Crippen LogP contribution in [-0.2, 0) is 12.8 Å². The molecule has 0 spiro atoms. The minimum Gasteiger partial charge on any atom is -0.261 e. The second-order valence-electron chi connectivity index (χ2n) is 7.16. The van der Waals surface area contributed by atoms with E-state index in [4.69, 9.17) is 0 Å². The zero-order chi connectivity index (χ0) is 19.8. The van der Waals surface area contributed by atoms with Gasteiger partial charge in [-0.25, -0.2) is 8.78 Å². The third kappa shape index (κ3) is 3.34. The molecule has 1 aromatic carbocycles. The minimum absolute atomic E-state index is 0.386. The number of fused-ring (bicyclic) bond motifs is 1. The molecule has 29 heavy (non-hydrogen) atoms. The zero-order valence-electron chi connectivity index (χ0n) is 15.6. The topological polar surface area (TPSA) is 29.7 Å². The summed E-state index contributed by atoms with van der Waals surface area (Å²) in [4.78, 5) is 9.45. The highest BCUT2D eigenvalue weighted by Crippen LogP contribution is 2.35. The maximum Gasteiger partial charge on any atom is 0.231 e. The van der Waals surface area contributed by atoms with E-state index >= 15 is 0 Å². The number of nitrogens with zero attached hydrogens (tertiary/aromatic N) is 3. The quantitative estimate of drug-likeness (QED) is 0.432. The maximum atomic E-state index is 13.9. The van der Waals surface area contributed by atoms with Crippen LogP contribution in [0.3, 0.4) is 0 Å². The molecule has 3 nitrogen and oxygen atoms in total. The van der Waals surface area contributed by atoms with Gasteiger partial charge in [0.2, 0.25) is 16.9 Å². The molecule has 6 heteroatoms. The number of aromatic nitrogens is 3. The second kappa shape index (κ2) is 7.44. The third-order valence-electron chi connectivity index (χ3n) is 5.29. The molecular weight excluding hydrogens is 388 g/mol. The van der Waals surface area contributed by atoms with Crippen molar-refractivity contribution in [1.29, 1.82) is 0 Å². The lowest BCUT2D eigenvalue weighted by Gasteiger charge is -2.13. The first-order chi connectivity index (χ1) is 14.2. The van der Waals surface area contributed by atoms with Crippen LogP contribution in [0.2, 0.25) is 0 Å². The predicted molar refractivity (Wildman–Crippen MR) is 109 cm³/mol. The molecule has 5 rings (SSSR count). The van der Waals surface area contributed by atoms with Gasteiger partial charge >= 0.3 is 0 Å². The zero-order valence-corrected chi connectivity index (χ0v) is 16.4. The molecule has 1 aliphatic carbocycles. The molecule has 0 aliphatic heterocycles. The lowest BCUT2D eigenvalue weighted by molar-refractivity contribution is -0.598. The lowest BCUT2D eigenvalue weighted by atomic mass is 9.96. The number of aryl methyl sites for hydroxylation is 1. The Kier molecular flexibility index (Phi) is 4.64. The molecular formula is C23H18F2N3S+. The fraction of sp³-hybridized carbons (Fsp3) is 0.174. The third-order valence-corrected chi connectivity index (χ3v) is 6.33. The minimum atomic E-state index is -0.386. The number of pyridine rings is 2. The van der Waals surface area contributed by atoms with E-state index in [0.29, 0.717) is 11.1 Å². The largest absolute Gasteiger partial charge is 0.261 e. The number of halogens is 2. The van der Waals surface area contributed by atoms with Crippen molar-refractivity contribution in [3.05, 3.63) is 82.8 Å². The van der Waals surface area contributed by atoms with Gasteiger partial charge in [0.1, 0.15) is 11.6 Å². The van der Waals surface area contributed by atoms with Crippen LogP contribution in [0, 0.1) is 11.6 Å². The highest BCUT2D eigenvalue weighted by molar-refractivity contribution is 7.09. The van der Waals surface area contributed by atoms with Crippen LogP contribution in [0.25, 0.3) is 27.9 Å². The molecule has 0 atom stereocenters. The average molecular weight is 406 g/mol. The van der Waals surface area contributed by atoms with Gasteiger partial charge in [-0.3, -0.25) is 9.97 Å². The molecule has 1 aliphatic rings. The van der Waals surface area contributed by atoms with E-state index in [-0.39, 0.29) is 11.6 Å². The molecule has 0 radical (unpaired) electrons. The van der Waals surface area contributed by atoms with Crippen LogP contribution in [0.15, 0.2) is 60.6 Å². The Bertz CT molecular complexity index is 1140. The van der Waals surface area contributed by atoms with Gasteiger partial charge in [0.05, 0.1) is 28.4 Å². The van der Waals surface area contributed by atoms with Gasteiger partial charge in [-0.05, 0) is 43.5 Å². The number of hydrogen-bond acceptors (Lipinski definition) is 3. The Morgan fingerprint density at radius 3 is 2.07 bits per heavy atom. The fourth-order valence-electron chi connectivity index (χ4n) is 4.00. The van der Waals surface area contributed by atoms with Gasteiger partial charge in [-0.15, -0.1) is 0 Å². The van der Waals surface area contributed by atoms with Gasteiger partial charge in [0.15, 0.2) is 0 Å². The first-order valence-electron chi connectivity index (χ1n) is 9.57. The van der Waals surface area contributed by atoms with Crippen molar-refractivity contribution in [3.63, 3.8) is 0 Å². The van der Waals surface area contributed by atoms with Crippen LogP contribution in [0.4, 0.5) is 8.78 Å². The lowest BCUT2D eigenvalue weighted by Crippen LogP contribution is -2.35. The molecule has 0 saturated heterocycles. The monoisotopic (exact) mass is 406 g/mol. The summed E-state index contributed by atoms with van der Waals surface area (Å²) in [5.41, 5.74) is 7.39. The summed E-state index contributed by atoms with van der Waals surface area (Å²) in [5.74, 6) is -0.771. The highest BCUT2D eigenvalue weighted by Gasteiger charge is 2.29. The molecule has 0 saturated carbocycles. The average Bonchev–Trinajstić information content (AvgIpc) is 3.17. The van der Waals surface area contributed by atoms with E-state index in [1.807, 2.05) is 18.2 Å². The number of rotatable bonds is 3. The number of benzene rings is 1. The van der Waals surface area contributed by atoms with Gasteiger partial charge in [-0.1, -0.05) is 17.4 Å². The maximum absolute atomic E-state index is 13.9. The number of thiazole rings is 1. The molecule has 0 N–H and O–H groups in total. The van der Waals surface area contributed by atoms with Crippen molar-refractivity contribution < 1.29 is 13.3 Å². The normalized spacial score (nSPS) is 13.3. The van der Waals surface area contributed by atoms with Crippen LogP contribution in [0.1, 0.15) is 23.4 Å².